The summed E-state index contributed by atoms with van der Waals surface area (Å²) in [7, 11) is 5.42. The van der Waals surface area contributed by atoms with Gasteiger partial charge in [0.25, 0.3) is 5.91 Å². The van der Waals surface area contributed by atoms with E-state index in [4.69, 9.17) is 11.6 Å². The highest BCUT2D eigenvalue weighted by atomic mass is 35.5. The van der Waals surface area contributed by atoms with Crippen molar-refractivity contribution in [1.29, 1.82) is 0 Å². The molecule has 4 amide bonds. The van der Waals surface area contributed by atoms with Gasteiger partial charge in [0.1, 0.15) is 5.69 Å². The van der Waals surface area contributed by atoms with Crippen molar-refractivity contribution >= 4 is 58.5 Å². The molecule has 1 aromatic heterocycles. The Labute approximate surface area is 233 Å². The fourth-order valence-electron chi connectivity index (χ4n) is 5.20. The Morgan fingerprint density at radius 2 is 1.63 bits per heavy atom. The molecule has 0 bridgehead atoms. The number of carbonyl (C=O) groups excluding carboxylic acids is 4. The van der Waals surface area contributed by atoms with E-state index in [1.807, 2.05) is 7.05 Å². The second-order valence-electron chi connectivity index (χ2n) is 10.4. The minimum Gasteiger partial charge on any atom is -0.351 e. The largest absolute Gasteiger partial charge is 0.351 e. The third-order valence-corrected chi connectivity index (χ3v) is 7.60. The van der Waals surface area contributed by atoms with Crippen molar-refractivity contribution in [2.75, 3.05) is 34.2 Å². The highest BCUT2D eigenvalue weighted by molar-refractivity contribution is 6.35. The number of piperidine rings is 1. The molecule has 38 heavy (non-hydrogen) atoms. The van der Waals surface area contributed by atoms with Crippen molar-refractivity contribution in [3.8, 4) is 0 Å². The van der Waals surface area contributed by atoms with Crippen LogP contribution < -0.4 is 16.0 Å². The second kappa shape index (κ2) is 12.8. The van der Waals surface area contributed by atoms with E-state index in [1.54, 1.807) is 38.4 Å². The predicted octanol–water partition coefficient (Wildman–Crippen LogP) is 1.93. The molecule has 4 rings (SSSR count). The quantitative estimate of drug-likeness (QED) is 0.411. The number of aromatic nitrogens is 1. The Kier molecular flexibility index (Phi) is 10.0. The van der Waals surface area contributed by atoms with Crippen molar-refractivity contribution in [3.63, 3.8) is 0 Å². The fourth-order valence-corrected chi connectivity index (χ4v) is 5.38. The molecule has 10 nitrogen and oxygen atoms in total. The number of benzene rings is 1. The number of rotatable bonds is 5. The molecule has 208 valence electrons. The van der Waals surface area contributed by atoms with Crippen LogP contribution in [-0.4, -0.2) is 90.8 Å². The zero-order valence-electron chi connectivity index (χ0n) is 21.9. The van der Waals surface area contributed by atoms with Gasteiger partial charge in [-0.05, 0) is 76.5 Å². The van der Waals surface area contributed by atoms with Gasteiger partial charge in [0.05, 0.1) is 6.04 Å². The Morgan fingerprint density at radius 3 is 2.32 bits per heavy atom. The maximum Gasteiger partial charge on any atom is 0.309 e. The molecule has 2 heterocycles. The summed E-state index contributed by atoms with van der Waals surface area (Å²) >= 11 is 6.07. The number of H-pyrrole nitrogens is 1. The summed E-state index contributed by atoms with van der Waals surface area (Å²) in [4.78, 5) is 58.1. The average molecular weight is 568 g/mol. The highest BCUT2D eigenvalue weighted by Crippen LogP contribution is 2.27. The minimum atomic E-state index is -0.749. The highest BCUT2D eigenvalue weighted by Gasteiger charge is 2.37. The first-order valence-corrected chi connectivity index (χ1v) is 13.1. The number of fused-ring (bicyclic) bond motifs is 1. The molecule has 0 unspecified atom stereocenters. The van der Waals surface area contributed by atoms with Crippen LogP contribution >= 0.6 is 24.0 Å². The van der Waals surface area contributed by atoms with Gasteiger partial charge in [0.15, 0.2) is 0 Å². The SMILES string of the molecule is CN1CCC(NC(=O)C(=O)N[C@@H]2C[C@@H](C(=O)N(C)C)CC[C@@H]2NC(=O)c2cc3cc(Cl)ccc3[nH]2)CC1.Cl. The van der Waals surface area contributed by atoms with Crippen LogP contribution in [0, 0.1) is 5.92 Å². The summed E-state index contributed by atoms with van der Waals surface area (Å²) in [5.41, 5.74) is 1.15. The maximum absolute atomic E-state index is 13.1. The normalized spacial score (nSPS) is 22.3. The van der Waals surface area contributed by atoms with E-state index in [2.05, 4.69) is 25.8 Å². The van der Waals surface area contributed by atoms with E-state index in [0.29, 0.717) is 30.0 Å². The van der Waals surface area contributed by atoms with E-state index in [1.165, 1.54) is 4.90 Å². The molecule has 0 radical (unpaired) electrons. The topological polar surface area (TPSA) is 127 Å². The summed E-state index contributed by atoms with van der Waals surface area (Å²) in [6.07, 6.45) is 2.96. The summed E-state index contributed by atoms with van der Waals surface area (Å²) < 4.78 is 0. The van der Waals surface area contributed by atoms with Crippen molar-refractivity contribution < 1.29 is 19.2 Å². The van der Waals surface area contributed by atoms with Crippen LogP contribution in [-0.2, 0) is 14.4 Å². The van der Waals surface area contributed by atoms with E-state index >= 15 is 0 Å². The van der Waals surface area contributed by atoms with E-state index in [0.717, 1.165) is 36.8 Å². The maximum atomic E-state index is 13.1. The number of aromatic amines is 1. The van der Waals surface area contributed by atoms with Gasteiger partial charge in [-0.1, -0.05) is 11.6 Å². The first-order valence-electron chi connectivity index (χ1n) is 12.7. The van der Waals surface area contributed by atoms with Gasteiger partial charge in [0.2, 0.25) is 5.91 Å². The van der Waals surface area contributed by atoms with Crippen LogP contribution in [0.25, 0.3) is 10.9 Å². The molecule has 12 heteroatoms. The lowest BCUT2D eigenvalue weighted by molar-refractivity contribution is -0.141. The van der Waals surface area contributed by atoms with Crippen LogP contribution in [0.15, 0.2) is 24.3 Å². The van der Waals surface area contributed by atoms with Crippen LogP contribution in [0.4, 0.5) is 0 Å². The van der Waals surface area contributed by atoms with Gasteiger partial charge in [-0.3, -0.25) is 19.2 Å². The molecule has 2 aliphatic rings. The number of hydrogen-bond acceptors (Lipinski definition) is 5. The van der Waals surface area contributed by atoms with Gasteiger partial charge in [-0.25, -0.2) is 0 Å². The number of likely N-dealkylation sites (tertiary alicyclic amines) is 1. The lowest BCUT2D eigenvalue weighted by Gasteiger charge is -2.37. The fraction of sp³-hybridized carbons (Fsp3) is 0.538. The molecule has 1 aromatic carbocycles. The lowest BCUT2D eigenvalue weighted by Crippen LogP contribution is -2.58. The van der Waals surface area contributed by atoms with Gasteiger partial charge >= 0.3 is 11.8 Å². The summed E-state index contributed by atoms with van der Waals surface area (Å²) in [6, 6.07) is 5.99. The molecule has 2 fully saturated rings. The van der Waals surface area contributed by atoms with Gasteiger partial charge < -0.3 is 30.7 Å². The molecule has 2 aromatic rings. The van der Waals surface area contributed by atoms with Gasteiger partial charge in [-0.2, -0.15) is 0 Å². The second-order valence-corrected chi connectivity index (χ2v) is 10.8. The number of amides is 4. The number of carbonyl (C=O) groups is 4. The molecular formula is C26H36Cl2N6O4. The van der Waals surface area contributed by atoms with Crippen LogP contribution in [0.1, 0.15) is 42.6 Å². The van der Waals surface area contributed by atoms with E-state index in [-0.39, 0.29) is 36.2 Å². The number of nitrogens with one attached hydrogen (secondary N) is 4. The van der Waals surface area contributed by atoms with Crippen molar-refractivity contribution in [3.05, 3.63) is 35.0 Å². The number of halogens is 2. The molecule has 4 N–H and O–H groups in total. The molecule has 1 saturated carbocycles. The van der Waals surface area contributed by atoms with E-state index in [9.17, 15) is 19.2 Å². The zero-order chi connectivity index (χ0) is 26.7. The Balaban J connectivity index is 0.00000400. The van der Waals surface area contributed by atoms with Crippen molar-refractivity contribution in [1.82, 2.24) is 30.7 Å². The smallest absolute Gasteiger partial charge is 0.309 e. The minimum absolute atomic E-state index is 0. The number of nitrogens with zero attached hydrogens (tertiary/aromatic N) is 2. The third-order valence-electron chi connectivity index (χ3n) is 7.36. The summed E-state index contributed by atoms with van der Waals surface area (Å²) in [6.45, 7) is 1.72. The average Bonchev–Trinajstić information content (AvgIpc) is 3.29. The summed E-state index contributed by atoms with van der Waals surface area (Å²) in [5, 5.41) is 10.0. The van der Waals surface area contributed by atoms with E-state index < -0.39 is 23.9 Å². The Morgan fingerprint density at radius 1 is 0.947 bits per heavy atom. The third kappa shape index (κ3) is 7.18. The molecule has 1 saturated heterocycles. The number of hydrogen-bond donors (Lipinski definition) is 4. The first-order chi connectivity index (χ1) is 17.6. The van der Waals surface area contributed by atoms with Crippen LogP contribution in [0.3, 0.4) is 0 Å². The van der Waals surface area contributed by atoms with Gasteiger partial charge in [-0.15, -0.1) is 12.4 Å². The molecule has 1 aliphatic heterocycles. The molecule has 1 aliphatic carbocycles. The van der Waals surface area contributed by atoms with Crippen molar-refractivity contribution in [2.24, 2.45) is 5.92 Å². The Hall–Kier alpha value is -2.82. The zero-order valence-corrected chi connectivity index (χ0v) is 23.5. The summed E-state index contributed by atoms with van der Waals surface area (Å²) in [5.74, 6) is -2.10. The lowest BCUT2D eigenvalue weighted by atomic mass is 9.81. The molecule has 0 spiro atoms. The molecular weight excluding hydrogens is 531 g/mol. The molecule has 3 atom stereocenters. The standard InChI is InChI=1S/C26H35ClN6O4.ClH/c1-32(2)26(37)15-4-6-20(30-23(34)22-14-16-12-17(27)5-7-19(16)29-22)21(13-15)31-25(36)24(35)28-18-8-10-33(3)11-9-18;/h5,7,12,14-15,18,20-21,29H,4,6,8-11,13H2,1-3H3,(H,28,35)(H,30,34)(H,31,36);1H/t15-,20-,21+;/m0./s1. The monoisotopic (exact) mass is 566 g/mol. The van der Waals surface area contributed by atoms with Crippen molar-refractivity contribution in [2.45, 2.75) is 50.2 Å². The first kappa shape index (κ1) is 29.7. The Bertz CT molecular complexity index is 1180. The van der Waals surface area contributed by atoms with Crippen LogP contribution in [0.5, 0.6) is 0 Å². The van der Waals surface area contributed by atoms with Gasteiger partial charge in [0, 0.05) is 48.0 Å². The predicted molar refractivity (Wildman–Crippen MR) is 148 cm³/mol. The van der Waals surface area contributed by atoms with Crippen LogP contribution in [0.2, 0.25) is 5.02 Å².